The normalized spacial score (nSPS) is 10.6. The molecule has 118 valence electrons. The fourth-order valence-corrected chi connectivity index (χ4v) is 1.75. The van der Waals surface area contributed by atoms with E-state index in [4.69, 9.17) is 20.4 Å². The number of nitrogens with zero attached hydrogens (tertiary/aromatic N) is 1. The second-order valence-corrected chi connectivity index (χ2v) is 4.35. The number of amides is 2. The van der Waals surface area contributed by atoms with Crippen LogP contribution in [0.1, 0.15) is 26.5 Å². The molecule has 0 unspecified atom stereocenters. The molecule has 0 aliphatic carbocycles. The number of primary amides is 1. The topological polar surface area (TPSA) is 155 Å². The highest BCUT2D eigenvalue weighted by Crippen LogP contribution is 2.24. The molecule has 0 aliphatic rings. The minimum atomic E-state index is -1.26. The molecule has 2 rings (SSSR count). The van der Waals surface area contributed by atoms with Crippen LogP contribution < -0.4 is 11.2 Å². The average Bonchev–Trinajstić information content (AvgIpc) is 2.95. The molecule has 1 heterocycles. The number of nitrogens with one attached hydrogen (secondary N) is 1. The van der Waals surface area contributed by atoms with Crippen molar-refractivity contribution in [2.75, 3.05) is 0 Å². The minimum absolute atomic E-state index is 0.179. The van der Waals surface area contributed by atoms with Crippen molar-refractivity contribution in [1.29, 1.82) is 0 Å². The summed E-state index contributed by atoms with van der Waals surface area (Å²) in [6, 6.07) is 5.81. The maximum atomic E-state index is 11.1. The highest BCUT2D eigenvalue weighted by Gasteiger charge is 2.14. The molecule has 0 spiro atoms. The summed E-state index contributed by atoms with van der Waals surface area (Å²) in [4.78, 5) is 32.6. The largest absolute Gasteiger partial charge is 0.478 e. The summed E-state index contributed by atoms with van der Waals surface area (Å²) < 4.78 is 5.39. The predicted octanol–water partition coefficient (Wildman–Crippen LogP) is 1.35. The zero-order valence-electron chi connectivity index (χ0n) is 11.5. The maximum absolute atomic E-state index is 11.1. The highest BCUT2D eigenvalue weighted by molar-refractivity contribution is 5.96. The molecule has 0 bridgehead atoms. The molecule has 0 radical (unpaired) electrons. The summed E-state index contributed by atoms with van der Waals surface area (Å²) in [5.41, 5.74) is 6.75. The van der Waals surface area contributed by atoms with Crippen LogP contribution in [0, 0.1) is 0 Å². The molecule has 1 aromatic carbocycles. The first-order valence-electron chi connectivity index (χ1n) is 6.17. The van der Waals surface area contributed by atoms with Crippen molar-refractivity contribution in [2.45, 2.75) is 0 Å². The van der Waals surface area contributed by atoms with Crippen molar-refractivity contribution in [3.63, 3.8) is 0 Å². The van der Waals surface area contributed by atoms with Gasteiger partial charge in [0.15, 0.2) is 0 Å². The number of rotatable bonds is 5. The van der Waals surface area contributed by atoms with Crippen molar-refractivity contribution in [3.8, 4) is 11.3 Å². The molecule has 0 saturated heterocycles. The van der Waals surface area contributed by atoms with Crippen LogP contribution in [-0.4, -0.2) is 34.4 Å². The number of aromatic carboxylic acids is 2. The SMILES string of the molecule is NC(=O)N/N=C/c1ccc(-c2cc(C(=O)O)cc(C(=O)O)c2)o1. The number of benzene rings is 1. The molecule has 0 saturated carbocycles. The average molecular weight is 317 g/mol. The molecule has 0 aliphatic heterocycles. The predicted molar refractivity (Wildman–Crippen MR) is 78.4 cm³/mol. The Morgan fingerprint density at radius 1 is 1.09 bits per heavy atom. The van der Waals surface area contributed by atoms with Crippen LogP contribution in [0.25, 0.3) is 11.3 Å². The molecular formula is C14H11N3O6. The van der Waals surface area contributed by atoms with E-state index in [1.807, 2.05) is 5.43 Å². The molecule has 2 amide bonds. The van der Waals surface area contributed by atoms with Gasteiger partial charge in [0.2, 0.25) is 0 Å². The molecule has 0 fully saturated rings. The zero-order valence-corrected chi connectivity index (χ0v) is 11.5. The smallest absolute Gasteiger partial charge is 0.335 e. The van der Waals surface area contributed by atoms with Crippen molar-refractivity contribution in [2.24, 2.45) is 10.8 Å². The second kappa shape index (κ2) is 6.43. The monoisotopic (exact) mass is 317 g/mol. The van der Waals surface area contributed by atoms with Crippen LogP contribution >= 0.6 is 0 Å². The summed E-state index contributed by atoms with van der Waals surface area (Å²) in [5, 5.41) is 21.6. The van der Waals surface area contributed by atoms with Gasteiger partial charge in [0.1, 0.15) is 11.5 Å². The molecule has 9 heteroatoms. The van der Waals surface area contributed by atoms with Crippen LogP contribution in [0.3, 0.4) is 0 Å². The summed E-state index contributed by atoms with van der Waals surface area (Å²) in [6.45, 7) is 0. The Bertz CT molecular complexity index is 776. The second-order valence-electron chi connectivity index (χ2n) is 4.35. The van der Waals surface area contributed by atoms with Crippen LogP contribution in [-0.2, 0) is 0 Å². The number of nitrogens with two attached hydrogens (primary N) is 1. The number of hydrogen-bond acceptors (Lipinski definition) is 5. The summed E-state index contributed by atoms with van der Waals surface area (Å²) >= 11 is 0. The third kappa shape index (κ3) is 3.94. The minimum Gasteiger partial charge on any atom is -0.478 e. The van der Waals surface area contributed by atoms with E-state index in [0.29, 0.717) is 0 Å². The summed E-state index contributed by atoms with van der Waals surface area (Å²) in [6.07, 6.45) is 1.19. The lowest BCUT2D eigenvalue weighted by Gasteiger charge is -2.03. The number of furan rings is 1. The molecule has 1 aromatic heterocycles. The number of urea groups is 1. The number of carboxylic acid groups (broad SMARTS) is 2. The lowest BCUT2D eigenvalue weighted by atomic mass is 10.0. The Morgan fingerprint density at radius 2 is 1.70 bits per heavy atom. The van der Waals surface area contributed by atoms with Gasteiger partial charge in [0.05, 0.1) is 17.3 Å². The van der Waals surface area contributed by atoms with Crippen molar-refractivity contribution in [3.05, 3.63) is 47.2 Å². The quantitative estimate of drug-likeness (QED) is 0.481. The maximum Gasteiger partial charge on any atom is 0.335 e. The molecular weight excluding hydrogens is 306 g/mol. The Labute approximate surface area is 129 Å². The third-order valence-electron chi connectivity index (χ3n) is 2.70. The molecule has 0 atom stereocenters. The van der Waals surface area contributed by atoms with E-state index in [0.717, 1.165) is 6.07 Å². The summed E-state index contributed by atoms with van der Waals surface area (Å²) in [5.74, 6) is -2.01. The van der Waals surface area contributed by atoms with Crippen LogP contribution in [0.15, 0.2) is 39.9 Å². The van der Waals surface area contributed by atoms with Gasteiger partial charge in [-0.1, -0.05) is 0 Å². The number of hydrazone groups is 1. The van der Waals surface area contributed by atoms with E-state index in [1.54, 1.807) is 0 Å². The van der Waals surface area contributed by atoms with Crippen molar-refractivity contribution >= 4 is 24.2 Å². The van der Waals surface area contributed by atoms with E-state index in [9.17, 15) is 14.4 Å². The molecule has 23 heavy (non-hydrogen) atoms. The van der Waals surface area contributed by atoms with Gasteiger partial charge in [0.25, 0.3) is 0 Å². The van der Waals surface area contributed by atoms with E-state index in [-0.39, 0.29) is 28.2 Å². The fourth-order valence-electron chi connectivity index (χ4n) is 1.75. The van der Waals surface area contributed by atoms with Gasteiger partial charge in [-0.05, 0) is 30.3 Å². The van der Waals surface area contributed by atoms with Gasteiger partial charge < -0.3 is 20.4 Å². The van der Waals surface area contributed by atoms with Gasteiger partial charge >= 0.3 is 18.0 Å². The number of carboxylic acids is 2. The molecule has 2 aromatic rings. The lowest BCUT2D eigenvalue weighted by Crippen LogP contribution is -2.24. The van der Waals surface area contributed by atoms with Gasteiger partial charge in [-0.15, -0.1) is 0 Å². The summed E-state index contributed by atoms with van der Waals surface area (Å²) in [7, 11) is 0. The van der Waals surface area contributed by atoms with Crippen molar-refractivity contribution in [1.82, 2.24) is 5.43 Å². The number of carbonyl (C=O) groups excluding carboxylic acids is 1. The molecule has 9 nitrogen and oxygen atoms in total. The Kier molecular flexibility index (Phi) is 4.41. The van der Waals surface area contributed by atoms with Gasteiger partial charge in [-0.2, -0.15) is 5.10 Å². The number of carbonyl (C=O) groups is 3. The van der Waals surface area contributed by atoms with Crippen LogP contribution in [0.5, 0.6) is 0 Å². The zero-order chi connectivity index (χ0) is 17.0. The first-order valence-corrected chi connectivity index (χ1v) is 6.17. The van der Waals surface area contributed by atoms with E-state index >= 15 is 0 Å². The van der Waals surface area contributed by atoms with Crippen molar-refractivity contribution < 1.29 is 29.0 Å². The Hall–Kier alpha value is -3.62. The van der Waals surface area contributed by atoms with Gasteiger partial charge in [-0.3, -0.25) is 0 Å². The Balaban J connectivity index is 2.36. The lowest BCUT2D eigenvalue weighted by molar-refractivity contribution is 0.0696. The highest BCUT2D eigenvalue weighted by atomic mass is 16.4. The molecule has 5 N–H and O–H groups in total. The van der Waals surface area contributed by atoms with E-state index < -0.39 is 18.0 Å². The van der Waals surface area contributed by atoms with E-state index in [1.165, 1.54) is 30.5 Å². The number of hydrogen-bond donors (Lipinski definition) is 4. The van der Waals surface area contributed by atoms with Crippen LogP contribution in [0.2, 0.25) is 0 Å². The van der Waals surface area contributed by atoms with Crippen LogP contribution in [0.4, 0.5) is 4.79 Å². The van der Waals surface area contributed by atoms with Gasteiger partial charge in [0, 0.05) is 5.56 Å². The van der Waals surface area contributed by atoms with Gasteiger partial charge in [-0.25, -0.2) is 19.8 Å². The standard InChI is InChI=1S/C14H11N3O6/c15-14(22)17-16-6-10-1-2-11(23-10)7-3-8(12(18)19)5-9(4-7)13(20)21/h1-6H,(H,18,19)(H,20,21)(H3,15,17,22)/b16-6+. The first-order chi connectivity index (χ1) is 10.9. The fraction of sp³-hybridized carbons (Fsp3) is 0. The van der Waals surface area contributed by atoms with E-state index in [2.05, 4.69) is 5.10 Å². The Morgan fingerprint density at radius 3 is 2.22 bits per heavy atom. The third-order valence-corrected chi connectivity index (χ3v) is 2.70. The first kappa shape index (κ1) is 15.8.